The molecule has 1 aromatic rings. The van der Waals surface area contributed by atoms with Gasteiger partial charge in [0.15, 0.2) is 0 Å². The van der Waals surface area contributed by atoms with Crippen molar-refractivity contribution in [3.63, 3.8) is 0 Å². The molecule has 1 aromatic heterocycles. The number of rotatable bonds is 6. The van der Waals surface area contributed by atoms with Crippen molar-refractivity contribution in [3.05, 3.63) is 29.6 Å². The molecule has 0 aromatic carbocycles. The molecule has 1 rings (SSSR count). The van der Waals surface area contributed by atoms with Crippen molar-refractivity contribution in [2.45, 2.75) is 26.8 Å². The zero-order valence-corrected chi connectivity index (χ0v) is 13.0. The van der Waals surface area contributed by atoms with Gasteiger partial charge in [0.05, 0.1) is 6.54 Å². The Kier molecular flexibility index (Phi) is 7.44. The van der Waals surface area contributed by atoms with Crippen LogP contribution in [0.15, 0.2) is 18.3 Å². The van der Waals surface area contributed by atoms with E-state index in [2.05, 4.69) is 40.9 Å². The van der Waals surface area contributed by atoms with Gasteiger partial charge in [-0.15, -0.1) is 0 Å². The van der Waals surface area contributed by atoms with E-state index >= 15 is 0 Å². The Labute approximate surface area is 126 Å². The second kappa shape index (κ2) is 9.11. The standard InChI is InChI=1S/C16H24N4O/c1-4-20(5-2)12-13(3)19-16(21)15-9-8-14(11-18-15)7-6-10-17/h8-9,11,13H,4-5,10,12,17H2,1-3H3,(H,19,21). The first kappa shape index (κ1) is 17.2. The maximum atomic E-state index is 12.1. The van der Waals surface area contributed by atoms with Crippen molar-refractivity contribution < 1.29 is 4.79 Å². The van der Waals surface area contributed by atoms with Crippen LogP contribution in [0.5, 0.6) is 0 Å². The normalized spacial score (nSPS) is 11.7. The van der Waals surface area contributed by atoms with Gasteiger partial charge in [-0.05, 0) is 32.1 Å². The van der Waals surface area contributed by atoms with Crippen molar-refractivity contribution in [2.75, 3.05) is 26.2 Å². The van der Waals surface area contributed by atoms with Gasteiger partial charge in [0.2, 0.25) is 0 Å². The Morgan fingerprint density at radius 3 is 2.67 bits per heavy atom. The van der Waals surface area contributed by atoms with Gasteiger partial charge in [-0.3, -0.25) is 4.79 Å². The summed E-state index contributed by atoms with van der Waals surface area (Å²) in [6.45, 7) is 9.32. The SMILES string of the molecule is CCN(CC)CC(C)NC(=O)c1ccc(C#CCN)cn1. The maximum absolute atomic E-state index is 12.1. The van der Waals surface area contributed by atoms with E-state index in [1.807, 2.05) is 6.92 Å². The van der Waals surface area contributed by atoms with Crippen LogP contribution in [0, 0.1) is 11.8 Å². The fourth-order valence-electron chi connectivity index (χ4n) is 1.97. The second-order valence-corrected chi connectivity index (χ2v) is 4.80. The lowest BCUT2D eigenvalue weighted by atomic mass is 10.2. The zero-order chi connectivity index (χ0) is 15.7. The van der Waals surface area contributed by atoms with Crippen LogP contribution in [0.3, 0.4) is 0 Å². The fourth-order valence-corrected chi connectivity index (χ4v) is 1.97. The molecule has 1 amide bonds. The minimum atomic E-state index is -0.159. The summed E-state index contributed by atoms with van der Waals surface area (Å²) in [6.07, 6.45) is 1.59. The highest BCUT2D eigenvalue weighted by Crippen LogP contribution is 2.00. The van der Waals surface area contributed by atoms with E-state index in [0.717, 1.165) is 25.2 Å². The minimum Gasteiger partial charge on any atom is -0.347 e. The second-order valence-electron chi connectivity index (χ2n) is 4.80. The van der Waals surface area contributed by atoms with E-state index in [4.69, 9.17) is 5.73 Å². The molecule has 0 aliphatic carbocycles. The van der Waals surface area contributed by atoms with E-state index in [1.54, 1.807) is 18.3 Å². The van der Waals surface area contributed by atoms with Crippen LogP contribution in [0.25, 0.3) is 0 Å². The van der Waals surface area contributed by atoms with Crippen LogP contribution in [0.2, 0.25) is 0 Å². The molecule has 3 N–H and O–H groups in total. The number of hydrogen-bond donors (Lipinski definition) is 2. The average molecular weight is 288 g/mol. The molecule has 0 saturated heterocycles. The molecule has 5 nitrogen and oxygen atoms in total. The Hall–Kier alpha value is -1.90. The van der Waals surface area contributed by atoms with Crippen molar-refractivity contribution in [1.82, 2.24) is 15.2 Å². The van der Waals surface area contributed by atoms with Gasteiger partial charge in [0, 0.05) is 24.3 Å². The average Bonchev–Trinajstić information content (AvgIpc) is 2.50. The smallest absolute Gasteiger partial charge is 0.270 e. The van der Waals surface area contributed by atoms with Gasteiger partial charge in [0.25, 0.3) is 5.91 Å². The monoisotopic (exact) mass is 288 g/mol. The summed E-state index contributed by atoms with van der Waals surface area (Å²) in [7, 11) is 0. The molecule has 0 saturated carbocycles. The van der Waals surface area contributed by atoms with Crippen molar-refractivity contribution in [3.8, 4) is 11.8 Å². The van der Waals surface area contributed by atoms with Gasteiger partial charge in [-0.1, -0.05) is 25.7 Å². The minimum absolute atomic E-state index is 0.0795. The first-order valence-electron chi connectivity index (χ1n) is 7.28. The quantitative estimate of drug-likeness (QED) is 0.761. The predicted molar refractivity (Wildman–Crippen MR) is 84.9 cm³/mol. The van der Waals surface area contributed by atoms with Crippen molar-refractivity contribution >= 4 is 5.91 Å². The van der Waals surface area contributed by atoms with E-state index in [0.29, 0.717) is 12.2 Å². The van der Waals surface area contributed by atoms with Crippen LogP contribution in [-0.4, -0.2) is 48.0 Å². The number of aromatic nitrogens is 1. The lowest BCUT2D eigenvalue weighted by Gasteiger charge is -2.23. The van der Waals surface area contributed by atoms with Crippen LogP contribution >= 0.6 is 0 Å². The Bertz CT molecular complexity index is 497. The van der Waals surface area contributed by atoms with Gasteiger partial charge in [0.1, 0.15) is 5.69 Å². The zero-order valence-electron chi connectivity index (χ0n) is 13.0. The summed E-state index contributed by atoms with van der Waals surface area (Å²) >= 11 is 0. The molecule has 21 heavy (non-hydrogen) atoms. The van der Waals surface area contributed by atoms with E-state index in [9.17, 15) is 4.79 Å². The van der Waals surface area contributed by atoms with Crippen LogP contribution < -0.4 is 11.1 Å². The topological polar surface area (TPSA) is 71.2 Å². The lowest BCUT2D eigenvalue weighted by Crippen LogP contribution is -2.42. The van der Waals surface area contributed by atoms with Gasteiger partial charge in [-0.2, -0.15) is 0 Å². The Morgan fingerprint density at radius 1 is 1.43 bits per heavy atom. The molecule has 0 bridgehead atoms. The number of carbonyl (C=O) groups is 1. The molecule has 0 fully saturated rings. The molecule has 0 spiro atoms. The van der Waals surface area contributed by atoms with Crippen molar-refractivity contribution in [2.24, 2.45) is 5.73 Å². The maximum Gasteiger partial charge on any atom is 0.270 e. The molecule has 1 heterocycles. The van der Waals surface area contributed by atoms with Crippen LogP contribution in [-0.2, 0) is 0 Å². The summed E-state index contributed by atoms with van der Waals surface area (Å²) in [6, 6.07) is 3.54. The third kappa shape index (κ3) is 5.94. The highest BCUT2D eigenvalue weighted by Gasteiger charge is 2.12. The highest BCUT2D eigenvalue weighted by atomic mass is 16.1. The van der Waals surface area contributed by atoms with Gasteiger partial charge < -0.3 is 16.0 Å². The van der Waals surface area contributed by atoms with E-state index in [-0.39, 0.29) is 11.9 Å². The summed E-state index contributed by atoms with van der Waals surface area (Å²) in [5, 5.41) is 2.96. The third-order valence-corrected chi connectivity index (χ3v) is 3.13. The molecule has 0 aliphatic rings. The van der Waals surface area contributed by atoms with E-state index < -0.39 is 0 Å². The number of amides is 1. The molecule has 0 radical (unpaired) electrons. The predicted octanol–water partition coefficient (Wildman–Crippen LogP) is 0.852. The summed E-state index contributed by atoms with van der Waals surface area (Å²) in [5.41, 5.74) is 6.47. The first-order chi connectivity index (χ1) is 10.1. The molecule has 1 unspecified atom stereocenters. The number of nitrogens with one attached hydrogen (secondary N) is 1. The summed E-state index contributed by atoms with van der Waals surface area (Å²) in [5.74, 6) is 5.47. The number of pyridine rings is 1. The number of carbonyl (C=O) groups excluding carboxylic acids is 1. The number of hydrogen-bond acceptors (Lipinski definition) is 4. The summed E-state index contributed by atoms with van der Waals surface area (Å²) < 4.78 is 0. The van der Waals surface area contributed by atoms with Gasteiger partial charge in [-0.25, -0.2) is 4.98 Å². The van der Waals surface area contributed by atoms with Crippen LogP contribution in [0.4, 0.5) is 0 Å². The van der Waals surface area contributed by atoms with Gasteiger partial charge >= 0.3 is 0 Å². The number of nitrogens with two attached hydrogens (primary N) is 1. The highest BCUT2D eigenvalue weighted by molar-refractivity contribution is 5.92. The molecule has 5 heteroatoms. The first-order valence-corrected chi connectivity index (χ1v) is 7.28. The lowest BCUT2D eigenvalue weighted by molar-refractivity contribution is 0.0925. The molecular formula is C16H24N4O. The summed E-state index contributed by atoms with van der Waals surface area (Å²) in [4.78, 5) is 18.5. The third-order valence-electron chi connectivity index (χ3n) is 3.13. The number of likely N-dealkylation sites (N-methyl/N-ethyl adjacent to an activating group) is 1. The largest absolute Gasteiger partial charge is 0.347 e. The Balaban J connectivity index is 2.59. The molecular weight excluding hydrogens is 264 g/mol. The molecule has 114 valence electrons. The Morgan fingerprint density at radius 2 is 2.14 bits per heavy atom. The fraction of sp³-hybridized carbons (Fsp3) is 0.500. The van der Waals surface area contributed by atoms with E-state index in [1.165, 1.54) is 0 Å². The molecule has 0 aliphatic heterocycles. The van der Waals surface area contributed by atoms with Crippen LogP contribution in [0.1, 0.15) is 36.8 Å². The molecule has 1 atom stereocenters. The van der Waals surface area contributed by atoms with Crippen molar-refractivity contribution in [1.29, 1.82) is 0 Å². The number of nitrogens with zero attached hydrogens (tertiary/aromatic N) is 2.